The molecule has 0 saturated heterocycles. The van der Waals surface area contributed by atoms with Gasteiger partial charge in [-0.15, -0.1) is 0 Å². The highest BCUT2D eigenvalue weighted by atomic mass is 16.5. The zero-order valence-electron chi connectivity index (χ0n) is 13.0. The van der Waals surface area contributed by atoms with Gasteiger partial charge in [0.1, 0.15) is 23.7 Å². The zero-order chi connectivity index (χ0) is 16.8. The molecule has 0 aliphatic heterocycles. The lowest BCUT2D eigenvalue weighted by Crippen LogP contribution is -2.03. The summed E-state index contributed by atoms with van der Waals surface area (Å²) >= 11 is 0. The molecular weight excluding hydrogens is 308 g/mol. The van der Waals surface area contributed by atoms with Crippen LogP contribution in [0.25, 0.3) is 0 Å². The molecule has 7 nitrogen and oxygen atoms in total. The predicted octanol–water partition coefficient (Wildman–Crippen LogP) is 3.21. The second-order valence-electron chi connectivity index (χ2n) is 4.92. The average Bonchev–Trinajstić information content (AvgIpc) is 3.14. The number of benzene rings is 1. The third kappa shape index (κ3) is 3.89. The molecule has 0 aliphatic rings. The van der Waals surface area contributed by atoms with Crippen LogP contribution in [0.3, 0.4) is 0 Å². The van der Waals surface area contributed by atoms with E-state index in [-0.39, 0.29) is 5.97 Å². The molecule has 0 saturated carbocycles. The summed E-state index contributed by atoms with van der Waals surface area (Å²) in [4.78, 5) is 19.8. The average molecular weight is 324 g/mol. The van der Waals surface area contributed by atoms with Gasteiger partial charge in [-0.3, -0.25) is 0 Å². The first-order valence-corrected chi connectivity index (χ1v) is 7.28. The highest BCUT2D eigenvalue weighted by Gasteiger charge is 2.05. The van der Waals surface area contributed by atoms with E-state index in [1.54, 1.807) is 36.6 Å². The van der Waals surface area contributed by atoms with Crippen molar-refractivity contribution in [3.63, 3.8) is 0 Å². The molecule has 0 fully saturated rings. The molecule has 2 heterocycles. The number of hydrogen-bond donors (Lipinski definition) is 2. The minimum Gasteiger partial charge on any atom is -0.467 e. The van der Waals surface area contributed by atoms with Gasteiger partial charge in [-0.25, -0.2) is 14.8 Å². The first-order chi connectivity index (χ1) is 11.7. The van der Waals surface area contributed by atoms with E-state index in [0.717, 1.165) is 11.4 Å². The number of rotatable bonds is 6. The first-order valence-electron chi connectivity index (χ1n) is 7.28. The van der Waals surface area contributed by atoms with E-state index in [0.29, 0.717) is 23.7 Å². The van der Waals surface area contributed by atoms with Crippen molar-refractivity contribution in [2.24, 2.45) is 0 Å². The minimum absolute atomic E-state index is 0.368. The van der Waals surface area contributed by atoms with E-state index < -0.39 is 0 Å². The van der Waals surface area contributed by atoms with Crippen molar-refractivity contribution in [2.75, 3.05) is 17.7 Å². The molecule has 0 radical (unpaired) electrons. The summed E-state index contributed by atoms with van der Waals surface area (Å²) in [5, 5.41) is 6.31. The number of carbonyl (C=O) groups is 1. The van der Waals surface area contributed by atoms with Gasteiger partial charge >= 0.3 is 5.97 Å². The van der Waals surface area contributed by atoms with Crippen molar-refractivity contribution in [1.29, 1.82) is 0 Å². The van der Waals surface area contributed by atoms with Crippen molar-refractivity contribution in [3.05, 3.63) is 66.4 Å². The summed E-state index contributed by atoms with van der Waals surface area (Å²) < 4.78 is 9.93. The lowest BCUT2D eigenvalue weighted by molar-refractivity contribution is 0.0601. The Labute approximate surface area is 138 Å². The van der Waals surface area contributed by atoms with Crippen molar-refractivity contribution < 1.29 is 13.9 Å². The van der Waals surface area contributed by atoms with Crippen LogP contribution in [0.1, 0.15) is 16.1 Å². The quantitative estimate of drug-likeness (QED) is 0.673. The van der Waals surface area contributed by atoms with Gasteiger partial charge in [0.2, 0.25) is 0 Å². The Morgan fingerprint density at radius 2 is 1.96 bits per heavy atom. The summed E-state index contributed by atoms with van der Waals surface area (Å²) in [7, 11) is 1.35. The molecule has 0 amide bonds. The number of hydrogen-bond acceptors (Lipinski definition) is 7. The number of nitrogens with one attached hydrogen (secondary N) is 2. The highest BCUT2D eigenvalue weighted by Crippen LogP contribution is 2.17. The SMILES string of the molecule is COC(=O)c1ccc(Nc2cc(NCc3ccco3)ncn2)cc1. The maximum atomic E-state index is 11.4. The molecule has 0 unspecified atom stereocenters. The number of carbonyl (C=O) groups excluding carboxylic acids is 1. The smallest absolute Gasteiger partial charge is 0.337 e. The molecule has 122 valence electrons. The number of furan rings is 1. The van der Waals surface area contributed by atoms with Crippen LogP contribution in [0, 0.1) is 0 Å². The van der Waals surface area contributed by atoms with Crippen LogP contribution in [0.4, 0.5) is 17.3 Å². The summed E-state index contributed by atoms with van der Waals surface area (Å²) in [6, 6.07) is 12.4. The van der Waals surface area contributed by atoms with Crippen molar-refractivity contribution in [3.8, 4) is 0 Å². The fourth-order valence-corrected chi connectivity index (χ4v) is 2.07. The lowest BCUT2D eigenvalue weighted by atomic mass is 10.2. The standard InChI is InChI=1S/C17H16N4O3/c1-23-17(22)12-4-6-13(7-5-12)21-16-9-15(19-11-20-16)18-10-14-3-2-8-24-14/h2-9,11H,10H2,1H3,(H2,18,19,20,21). The largest absolute Gasteiger partial charge is 0.467 e. The summed E-state index contributed by atoms with van der Waals surface area (Å²) in [6.07, 6.45) is 3.09. The van der Waals surface area contributed by atoms with Crippen LogP contribution in [-0.4, -0.2) is 23.0 Å². The molecule has 0 aliphatic carbocycles. The molecule has 1 aromatic carbocycles. The van der Waals surface area contributed by atoms with Gasteiger partial charge in [-0.2, -0.15) is 0 Å². The second-order valence-corrected chi connectivity index (χ2v) is 4.92. The fourth-order valence-electron chi connectivity index (χ4n) is 2.07. The molecule has 24 heavy (non-hydrogen) atoms. The minimum atomic E-state index is -0.368. The molecule has 3 aromatic rings. The third-order valence-electron chi connectivity index (χ3n) is 3.27. The molecule has 2 aromatic heterocycles. The Morgan fingerprint density at radius 3 is 2.67 bits per heavy atom. The fraction of sp³-hybridized carbons (Fsp3) is 0.118. The summed E-state index contributed by atoms with van der Waals surface area (Å²) in [5.41, 5.74) is 1.30. The molecule has 0 atom stereocenters. The van der Waals surface area contributed by atoms with Crippen molar-refractivity contribution in [2.45, 2.75) is 6.54 Å². The van der Waals surface area contributed by atoms with Crippen LogP contribution in [-0.2, 0) is 11.3 Å². The molecule has 0 bridgehead atoms. The monoisotopic (exact) mass is 324 g/mol. The van der Waals surface area contributed by atoms with E-state index in [2.05, 4.69) is 25.3 Å². The Kier molecular flexibility index (Phi) is 4.71. The highest BCUT2D eigenvalue weighted by molar-refractivity contribution is 5.89. The van der Waals surface area contributed by atoms with Gasteiger partial charge in [0.15, 0.2) is 0 Å². The molecule has 3 rings (SSSR count). The predicted molar refractivity (Wildman–Crippen MR) is 89.1 cm³/mol. The topological polar surface area (TPSA) is 89.3 Å². The number of ether oxygens (including phenoxy) is 1. The summed E-state index contributed by atoms with van der Waals surface area (Å²) in [6.45, 7) is 0.539. The maximum absolute atomic E-state index is 11.4. The third-order valence-corrected chi connectivity index (χ3v) is 3.27. The number of aromatic nitrogens is 2. The Morgan fingerprint density at radius 1 is 1.17 bits per heavy atom. The van der Waals surface area contributed by atoms with Gasteiger partial charge in [0.25, 0.3) is 0 Å². The van der Waals surface area contributed by atoms with Gasteiger partial charge in [0, 0.05) is 11.8 Å². The number of methoxy groups -OCH3 is 1. The second kappa shape index (κ2) is 7.28. The molecular formula is C17H16N4O3. The lowest BCUT2D eigenvalue weighted by Gasteiger charge is -2.08. The Hall–Kier alpha value is -3.35. The van der Waals surface area contributed by atoms with Gasteiger partial charge in [-0.1, -0.05) is 0 Å². The maximum Gasteiger partial charge on any atom is 0.337 e. The van der Waals surface area contributed by atoms with E-state index in [1.807, 2.05) is 12.1 Å². The van der Waals surface area contributed by atoms with E-state index in [4.69, 9.17) is 4.42 Å². The van der Waals surface area contributed by atoms with Crippen LogP contribution < -0.4 is 10.6 Å². The normalized spacial score (nSPS) is 10.2. The summed E-state index contributed by atoms with van der Waals surface area (Å²) in [5.74, 6) is 1.77. The van der Waals surface area contributed by atoms with Crippen LogP contribution in [0.5, 0.6) is 0 Å². The Balaban J connectivity index is 1.64. The molecule has 0 spiro atoms. The number of esters is 1. The van der Waals surface area contributed by atoms with Crippen molar-refractivity contribution >= 4 is 23.3 Å². The number of anilines is 3. The van der Waals surface area contributed by atoms with E-state index >= 15 is 0 Å². The number of nitrogens with zero attached hydrogens (tertiary/aromatic N) is 2. The zero-order valence-corrected chi connectivity index (χ0v) is 13.0. The van der Waals surface area contributed by atoms with Crippen molar-refractivity contribution in [1.82, 2.24) is 9.97 Å². The van der Waals surface area contributed by atoms with Crippen LogP contribution in [0.2, 0.25) is 0 Å². The van der Waals surface area contributed by atoms with Gasteiger partial charge in [0.05, 0.1) is 25.5 Å². The molecule has 2 N–H and O–H groups in total. The van der Waals surface area contributed by atoms with Gasteiger partial charge < -0.3 is 19.8 Å². The van der Waals surface area contributed by atoms with E-state index in [1.165, 1.54) is 13.4 Å². The van der Waals surface area contributed by atoms with Gasteiger partial charge in [-0.05, 0) is 36.4 Å². The Bertz CT molecular complexity index is 801. The first kappa shape index (κ1) is 15.5. The van der Waals surface area contributed by atoms with E-state index in [9.17, 15) is 4.79 Å². The van der Waals surface area contributed by atoms with Crippen LogP contribution in [0.15, 0.2) is 59.5 Å². The van der Waals surface area contributed by atoms with Crippen LogP contribution >= 0.6 is 0 Å². The molecule has 7 heteroatoms.